The number of nitrogens with zero attached hydrogens (tertiary/aromatic N) is 2. The van der Waals surface area contributed by atoms with Crippen molar-refractivity contribution in [3.8, 4) is 16.9 Å². The molecule has 20 heavy (non-hydrogen) atoms. The SMILES string of the molecule is Cc1cc(-c2cccc[n+]2[O-])c(C)n1-c1ccccc1. The fourth-order valence-corrected chi connectivity index (χ4v) is 2.63. The molecule has 2 aromatic heterocycles. The van der Waals surface area contributed by atoms with Gasteiger partial charge in [0.05, 0.1) is 5.56 Å². The van der Waals surface area contributed by atoms with Gasteiger partial charge in [-0.15, -0.1) is 0 Å². The molecule has 0 radical (unpaired) electrons. The molecule has 1 aromatic carbocycles. The smallest absolute Gasteiger partial charge is 0.225 e. The van der Waals surface area contributed by atoms with E-state index in [0.29, 0.717) is 5.69 Å². The quantitative estimate of drug-likeness (QED) is 0.515. The van der Waals surface area contributed by atoms with Gasteiger partial charge in [0.2, 0.25) is 5.69 Å². The van der Waals surface area contributed by atoms with Crippen LogP contribution in [0, 0.1) is 19.1 Å². The molecule has 0 atom stereocenters. The fourth-order valence-electron chi connectivity index (χ4n) is 2.63. The van der Waals surface area contributed by atoms with Gasteiger partial charge < -0.3 is 9.77 Å². The summed E-state index contributed by atoms with van der Waals surface area (Å²) in [5.41, 5.74) is 4.96. The highest BCUT2D eigenvalue weighted by molar-refractivity contribution is 5.63. The van der Waals surface area contributed by atoms with Crippen LogP contribution in [0.5, 0.6) is 0 Å². The van der Waals surface area contributed by atoms with Gasteiger partial charge in [0.1, 0.15) is 0 Å². The van der Waals surface area contributed by atoms with E-state index in [0.717, 1.165) is 27.4 Å². The monoisotopic (exact) mass is 264 g/mol. The predicted octanol–water partition coefficient (Wildman–Crippen LogP) is 3.39. The topological polar surface area (TPSA) is 31.9 Å². The van der Waals surface area contributed by atoms with Gasteiger partial charge in [0, 0.05) is 29.2 Å². The van der Waals surface area contributed by atoms with Gasteiger partial charge in [-0.25, -0.2) is 0 Å². The molecular formula is C17H16N2O. The molecule has 0 spiro atoms. The van der Waals surface area contributed by atoms with Gasteiger partial charge >= 0.3 is 0 Å². The van der Waals surface area contributed by atoms with Crippen LogP contribution in [0.2, 0.25) is 0 Å². The van der Waals surface area contributed by atoms with Crippen LogP contribution in [-0.2, 0) is 0 Å². The van der Waals surface area contributed by atoms with Crippen molar-refractivity contribution in [2.45, 2.75) is 13.8 Å². The number of rotatable bonds is 2. The first kappa shape index (κ1) is 12.5. The summed E-state index contributed by atoms with van der Waals surface area (Å²) in [6, 6.07) is 17.7. The van der Waals surface area contributed by atoms with E-state index in [2.05, 4.69) is 29.7 Å². The Labute approximate surface area is 118 Å². The third-order valence-corrected chi connectivity index (χ3v) is 3.55. The summed E-state index contributed by atoms with van der Waals surface area (Å²) >= 11 is 0. The number of hydrogen-bond donors (Lipinski definition) is 0. The Bertz CT molecular complexity index is 745. The van der Waals surface area contributed by atoms with E-state index in [-0.39, 0.29) is 0 Å². The van der Waals surface area contributed by atoms with Crippen LogP contribution in [0.15, 0.2) is 60.8 Å². The molecule has 3 heteroatoms. The Morgan fingerprint density at radius 3 is 2.35 bits per heavy atom. The summed E-state index contributed by atoms with van der Waals surface area (Å²) in [6.45, 7) is 4.10. The Morgan fingerprint density at radius 2 is 1.65 bits per heavy atom. The predicted molar refractivity (Wildman–Crippen MR) is 79.6 cm³/mol. The molecule has 2 heterocycles. The maximum Gasteiger partial charge on any atom is 0.225 e. The zero-order chi connectivity index (χ0) is 14.1. The van der Waals surface area contributed by atoms with Crippen LogP contribution in [0.1, 0.15) is 11.4 Å². The normalized spacial score (nSPS) is 10.7. The minimum Gasteiger partial charge on any atom is -0.618 e. The molecule has 0 bridgehead atoms. The number of benzene rings is 1. The zero-order valence-electron chi connectivity index (χ0n) is 11.6. The van der Waals surface area contributed by atoms with Gasteiger partial charge in [0.25, 0.3) is 0 Å². The molecule has 3 rings (SSSR count). The van der Waals surface area contributed by atoms with Crippen molar-refractivity contribution in [1.29, 1.82) is 0 Å². The van der Waals surface area contributed by atoms with Crippen molar-refractivity contribution in [3.05, 3.63) is 77.4 Å². The van der Waals surface area contributed by atoms with E-state index in [1.54, 1.807) is 6.07 Å². The lowest BCUT2D eigenvalue weighted by atomic mass is 10.1. The van der Waals surface area contributed by atoms with E-state index in [4.69, 9.17) is 0 Å². The van der Waals surface area contributed by atoms with Crippen LogP contribution >= 0.6 is 0 Å². The van der Waals surface area contributed by atoms with Gasteiger partial charge in [-0.1, -0.05) is 18.2 Å². The standard InChI is InChI=1S/C17H16N2O/c1-13-12-16(17-10-6-7-11-18(17)20)14(2)19(13)15-8-4-3-5-9-15/h3-12H,1-2H3. The van der Waals surface area contributed by atoms with E-state index >= 15 is 0 Å². The first-order valence-corrected chi connectivity index (χ1v) is 6.61. The third kappa shape index (κ3) is 1.97. The van der Waals surface area contributed by atoms with E-state index in [9.17, 15) is 5.21 Å². The highest BCUT2D eigenvalue weighted by Gasteiger charge is 2.17. The van der Waals surface area contributed by atoms with Gasteiger partial charge in [-0.3, -0.25) is 0 Å². The average molecular weight is 264 g/mol. The summed E-state index contributed by atoms with van der Waals surface area (Å²) in [5, 5.41) is 11.9. The molecule has 3 nitrogen and oxygen atoms in total. The Balaban J connectivity index is 2.20. The van der Waals surface area contributed by atoms with Gasteiger partial charge in [-0.2, -0.15) is 4.73 Å². The maximum absolute atomic E-state index is 11.9. The largest absolute Gasteiger partial charge is 0.618 e. The molecule has 0 saturated heterocycles. The van der Waals surface area contributed by atoms with Crippen LogP contribution in [-0.4, -0.2) is 4.57 Å². The van der Waals surface area contributed by atoms with E-state index < -0.39 is 0 Å². The molecule has 3 aromatic rings. The molecule has 0 N–H and O–H groups in total. The summed E-state index contributed by atoms with van der Waals surface area (Å²) in [6.07, 6.45) is 1.53. The Hall–Kier alpha value is -2.55. The molecular weight excluding hydrogens is 248 g/mol. The van der Waals surface area contributed by atoms with E-state index in [1.165, 1.54) is 6.20 Å². The molecule has 0 unspecified atom stereocenters. The highest BCUT2D eigenvalue weighted by atomic mass is 16.5. The number of aromatic nitrogens is 2. The molecule has 0 aliphatic rings. The summed E-state index contributed by atoms with van der Waals surface area (Å²) < 4.78 is 3.08. The van der Waals surface area contributed by atoms with Crippen molar-refractivity contribution in [3.63, 3.8) is 0 Å². The first-order valence-electron chi connectivity index (χ1n) is 6.61. The van der Waals surface area contributed by atoms with Gasteiger partial charge in [-0.05, 0) is 38.1 Å². The van der Waals surface area contributed by atoms with Gasteiger partial charge in [0.15, 0.2) is 6.20 Å². The molecule has 0 saturated carbocycles. The van der Waals surface area contributed by atoms with Crippen molar-refractivity contribution < 1.29 is 4.73 Å². The minimum atomic E-state index is 0.683. The second-order valence-corrected chi connectivity index (χ2v) is 4.87. The summed E-state index contributed by atoms with van der Waals surface area (Å²) in [7, 11) is 0. The second-order valence-electron chi connectivity index (χ2n) is 4.87. The van der Waals surface area contributed by atoms with Crippen molar-refractivity contribution in [2.75, 3.05) is 0 Å². The summed E-state index contributed by atoms with van der Waals surface area (Å²) in [5.74, 6) is 0. The zero-order valence-corrected chi connectivity index (χ0v) is 11.6. The lowest BCUT2D eigenvalue weighted by molar-refractivity contribution is -0.593. The fraction of sp³-hybridized carbons (Fsp3) is 0.118. The van der Waals surface area contributed by atoms with Crippen LogP contribution < -0.4 is 4.73 Å². The molecule has 100 valence electrons. The lowest BCUT2D eigenvalue weighted by Crippen LogP contribution is -2.28. The van der Waals surface area contributed by atoms with Crippen LogP contribution in [0.3, 0.4) is 0 Å². The van der Waals surface area contributed by atoms with Crippen molar-refractivity contribution in [1.82, 2.24) is 4.57 Å². The maximum atomic E-state index is 11.9. The van der Waals surface area contributed by atoms with E-state index in [1.807, 2.05) is 37.3 Å². The number of hydrogen-bond acceptors (Lipinski definition) is 1. The van der Waals surface area contributed by atoms with Crippen LogP contribution in [0.4, 0.5) is 0 Å². The number of para-hydroxylation sites is 1. The first-order chi connectivity index (χ1) is 9.68. The molecule has 0 fully saturated rings. The van der Waals surface area contributed by atoms with Crippen LogP contribution in [0.25, 0.3) is 16.9 Å². The molecule has 0 aliphatic carbocycles. The average Bonchev–Trinajstić information content (AvgIpc) is 2.75. The number of aryl methyl sites for hydroxylation is 1. The summed E-state index contributed by atoms with van der Waals surface area (Å²) in [4.78, 5) is 0. The third-order valence-electron chi connectivity index (χ3n) is 3.55. The lowest BCUT2D eigenvalue weighted by Gasteiger charge is -2.09. The number of pyridine rings is 1. The Morgan fingerprint density at radius 1 is 0.950 bits per heavy atom. The molecule has 0 aliphatic heterocycles. The molecule has 0 amide bonds. The van der Waals surface area contributed by atoms with Crippen molar-refractivity contribution >= 4 is 0 Å². The minimum absolute atomic E-state index is 0.683. The Kier molecular flexibility index (Phi) is 3.03. The van der Waals surface area contributed by atoms with Crippen molar-refractivity contribution in [2.24, 2.45) is 0 Å². The highest BCUT2D eigenvalue weighted by Crippen LogP contribution is 2.27. The second kappa shape index (κ2) is 4.85.